The van der Waals surface area contributed by atoms with Gasteiger partial charge in [-0.1, -0.05) is 42.5 Å². The molecule has 5 rings (SSSR count). The summed E-state index contributed by atoms with van der Waals surface area (Å²) in [5.41, 5.74) is 3.92. The average Bonchev–Trinajstić information content (AvgIpc) is 3.03. The van der Waals surface area contributed by atoms with E-state index in [2.05, 4.69) is 18.2 Å². The van der Waals surface area contributed by atoms with Crippen molar-refractivity contribution in [3.05, 3.63) is 108 Å². The molecule has 0 spiro atoms. The standard InChI is InChI=1S/C27H21F2NO2/c28-19-7-11-21(12-8-19)30-26(24-15-6-18-4-2-1-3-5-23(18)24)25(27(30)31)16-17-32-22-13-9-20(29)10-14-22/h1-15,25-26H,16-17H2/t25-,26-/m1/s1. The third kappa shape index (κ3) is 3.71. The molecule has 1 amide bonds. The largest absolute Gasteiger partial charge is 0.494 e. The normalized spacial score (nSPS) is 17.9. The number of halogens is 2. The maximum Gasteiger partial charge on any atom is 0.233 e. The first-order valence-electron chi connectivity index (χ1n) is 10.6. The van der Waals surface area contributed by atoms with Gasteiger partial charge in [0, 0.05) is 5.69 Å². The zero-order chi connectivity index (χ0) is 22.1. The Balaban J connectivity index is 1.42. The first-order chi connectivity index (χ1) is 15.6. The van der Waals surface area contributed by atoms with Gasteiger partial charge >= 0.3 is 0 Å². The van der Waals surface area contributed by atoms with Crippen LogP contribution in [0.5, 0.6) is 5.75 Å². The fraction of sp³-hybridized carbons (Fsp3) is 0.148. The minimum absolute atomic E-state index is 0.0148. The third-order valence-corrected chi connectivity index (χ3v) is 5.97. The number of rotatable bonds is 6. The molecule has 2 aromatic carbocycles. The van der Waals surface area contributed by atoms with Gasteiger partial charge in [-0.2, -0.15) is 0 Å². The van der Waals surface area contributed by atoms with Crippen molar-refractivity contribution in [3.63, 3.8) is 0 Å². The fourth-order valence-electron chi connectivity index (χ4n) is 4.41. The Hall–Kier alpha value is -3.73. The fourth-order valence-corrected chi connectivity index (χ4v) is 4.41. The van der Waals surface area contributed by atoms with E-state index < -0.39 is 0 Å². The number of β-lactam (4-membered cyclic amide) rings is 1. The number of anilines is 1. The Morgan fingerprint density at radius 2 is 1.47 bits per heavy atom. The second kappa shape index (κ2) is 8.42. The van der Waals surface area contributed by atoms with Crippen LogP contribution in [-0.4, -0.2) is 12.5 Å². The molecular formula is C27H21F2NO2. The van der Waals surface area contributed by atoms with Crippen molar-refractivity contribution in [1.82, 2.24) is 0 Å². The summed E-state index contributed by atoms with van der Waals surface area (Å²) in [5.74, 6) is -0.377. The number of nitrogens with zero attached hydrogens (tertiary/aromatic N) is 1. The lowest BCUT2D eigenvalue weighted by Crippen LogP contribution is -2.55. The lowest BCUT2D eigenvalue weighted by molar-refractivity contribution is -0.131. The quantitative estimate of drug-likeness (QED) is 0.340. The zero-order valence-electron chi connectivity index (χ0n) is 17.2. The molecule has 0 bridgehead atoms. The number of ether oxygens (including phenoxy) is 1. The topological polar surface area (TPSA) is 29.5 Å². The summed E-state index contributed by atoms with van der Waals surface area (Å²) in [6.07, 6.45) is 0.518. The molecule has 1 aliphatic heterocycles. The lowest BCUT2D eigenvalue weighted by Gasteiger charge is -2.47. The molecule has 3 aliphatic rings. The number of carbonyl (C=O) groups is 1. The van der Waals surface area contributed by atoms with Crippen LogP contribution >= 0.6 is 0 Å². The number of hydrogen-bond donors (Lipinski definition) is 0. The van der Waals surface area contributed by atoms with E-state index in [1.807, 2.05) is 24.3 Å². The van der Waals surface area contributed by atoms with Gasteiger partial charge in [0.1, 0.15) is 17.4 Å². The van der Waals surface area contributed by atoms with Crippen molar-refractivity contribution >= 4 is 11.6 Å². The van der Waals surface area contributed by atoms with E-state index in [9.17, 15) is 13.6 Å². The van der Waals surface area contributed by atoms with E-state index in [4.69, 9.17) is 4.74 Å². The second-order valence-corrected chi connectivity index (χ2v) is 7.90. The number of benzene rings is 2. The summed E-state index contributed by atoms with van der Waals surface area (Å²) in [4.78, 5) is 14.9. The Morgan fingerprint density at radius 3 is 2.22 bits per heavy atom. The van der Waals surface area contributed by atoms with Crippen LogP contribution in [0.4, 0.5) is 14.5 Å². The van der Waals surface area contributed by atoms with Crippen LogP contribution in [0.1, 0.15) is 18.0 Å². The Bertz CT molecular complexity index is 1210. The van der Waals surface area contributed by atoms with Gasteiger partial charge in [-0.25, -0.2) is 8.78 Å². The van der Waals surface area contributed by atoms with Crippen LogP contribution in [-0.2, 0) is 4.79 Å². The van der Waals surface area contributed by atoms with E-state index in [1.165, 1.54) is 24.3 Å². The van der Waals surface area contributed by atoms with Crippen molar-refractivity contribution in [2.45, 2.75) is 12.5 Å². The van der Waals surface area contributed by atoms with Gasteiger partial charge in [-0.15, -0.1) is 0 Å². The predicted octanol–water partition coefficient (Wildman–Crippen LogP) is 6.24. The van der Waals surface area contributed by atoms with Crippen molar-refractivity contribution in [2.24, 2.45) is 5.92 Å². The SMILES string of the molecule is O=C1[C@H](CCOc2ccc(F)cc2)[C@@H](c2ccc3cccccc2-3)N1c1ccc(F)cc1. The van der Waals surface area contributed by atoms with Crippen LogP contribution in [0, 0.1) is 17.6 Å². The first kappa shape index (κ1) is 20.2. The molecule has 0 aromatic heterocycles. The summed E-state index contributed by atoms with van der Waals surface area (Å²) in [6, 6.07) is 25.9. The number of amides is 1. The Labute approximate surface area is 185 Å². The summed E-state index contributed by atoms with van der Waals surface area (Å²) < 4.78 is 32.3. The van der Waals surface area contributed by atoms with Gasteiger partial charge in [0.15, 0.2) is 0 Å². The molecule has 160 valence electrons. The molecule has 1 saturated heterocycles. The van der Waals surface area contributed by atoms with E-state index in [0.717, 1.165) is 16.7 Å². The molecule has 1 heterocycles. The number of hydrogen-bond acceptors (Lipinski definition) is 2. The molecule has 32 heavy (non-hydrogen) atoms. The summed E-state index contributed by atoms with van der Waals surface area (Å²) >= 11 is 0. The second-order valence-electron chi connectivity index (χ2n) is 7.90. The highest BCUT2D eigenvalue weighted by Crippen LogP contribution is 2.48. The molecule has 0 radical (unpaired) electrons. The van der Waals surface area contributed by atoms with E-state index in [-0.39, 0.29) is 29.5 Å². The highest BCUT2D eigenvalue weighted by atomic mass is 19.1. The van der Waals surface area contributed by atoms with Crippen LogP contribution in [0.25, 0.3) is 11.1 Å². The third-order valence-electron chi connectivity index (χ3n) is 5.97. The van der Waals surface area contributed by atoms with E-state index in [0.29, 0.717) is 24.5 Å². The molecule has 2 aliphatic carbocycles. The highest BCUT2D eigenvalue weighted by Gasteiger charge is 2.49. The van der Waals surface area contributed by atoms with Gasteiger partial charge in [0.05, 0.1) is 18.6 Å². The summed E-state index contributed by atoms with van der Waals surface area (Å²) in [6.45, 7) is 0.336. The van der Waals surface area contributed by atoms with E-state index >= 15 is 0 Å². The monoisotopic (exact) mass is 429 g/mol. The van der Waals surface area contributed by atoms with Crippen LogP contribution in [0.15, 0.2) is 91.0 Å². The molecule has 0 saturated carbocycles. The van der Waals surface area contributed by atoms with Gasteiger partial charge in [0.25, 0.3) is 0 Å². The minimum Gasteiger partial charge on any atom is -0.494 e. The highest BCUT2D eigenvalue weighted by molar-refractivity contribution is 6.04. The van der Waals surface area contributed by atoms with E-state index in [1.54, 1.807) is 29.2 Å². The van der Waals surface area contributed by atoms with Gasteiger partial charge in [-0.3, -0.25) is 4.79 Å². The summed E-state index contributed by atoms with van der Waals surface area (Å²) in [5, 5.41) is 0. The molecule has 3 nitrogen and oxygen atoms in total. The van der Waals surface area contributed by atoms with Crippen molar-refractivity contribution in [1.29, 1.82) is 0 Å². The molecule has 5 heteroatoms. The molecule has 0 N–H and O–H groups in total. The number of carbonyl (C=O) groups excluding carboxylic acids is 1. The maximum absolute atomic E-state index is 13.5. The van der Waals surface area contributed by atoms with Gasteiger partial charge in [-0.05, 0) is 71.6 Å². The molecular weight excluding hydrogens is 408 g/mol. The Morgan fingerprint density at radius 1 is 0.781 bits per heavy atom. The smallest absolute Gasteiger partial charge is 0.233 e. The van der Waals surface area contributed by atoms with Crippen LogP contribution in [0.2, 0.25) is 0 Å². The number of fused-ring (bicyclic) bond motifs is 1. The lowest BCUT2D eigenvalue weighted by atomic mass is 9.79. The average molecular weight is 429 g/mol. The van der Waals surface area contributed by atoms with Gasteiger partial charge in [0.2, 0.25) is 5.91 Å². The molecule has 2 aromatic rings. The van der Waals surface area contributed by atoms with Crippen molar-refractivity contribution in [2.75, 3.05) is 11.5 Å². The predicted molar refractivity (Wildman–Crippen MR) is 120 cm³/mol. The van der Waals surface area contributed by atoms with Gasteiger partial charge < -0.3 is 9.64 Å². The van der Waals surface area contributed by atoms with Crippen molar-refractivity contribution in [3.8, 4) is 16.9 Å². The van der Waals surface area contributed by atoms with Crippen LogP contribution in [0.3, 0.4) is 0 Å². The minimum atomic E-state index is -0.340. The molecule has 0 unspecified atom stereocenters. The van der Waals surface area contributed by atoms with Crippen molar-refractivity contribution < 1.29 is 18.3 Å². The Kier molecular flexibility index (Phi) is 5.31. The summed E-state index contributed by atoms with van der Waals surface area (Å²) in [7, 11) is 0. The van der Waals surface area contributed by atoms with Crippen LogP contribution < -0.4 is 9.64 Å². The zero-order valence-corrected chi connectivity index (χ0v) is 17.2. The maximum atomic E-state index is 13.5. The molecule has 1 fully saturated rings. The first-order valence-corrected chi connectivity index (χ1v) is 10.6. The molecule has 2 atom stereocenters.